The van der Waals surface area contributed by atoms with E-state index in [-0.39, 0.29) is 11.7 Å². The van der Waals surface area contributed by atoms with Crippen LogP contribution in [0.1, 0.15) is 55.5 Å². The topological polar surface area (TPSA) is 18.5 Å². The van der Waals surface area contributed by atoms with Gasteiger partial charge in [-0.25, -0.2) is 0 Å². The molecule has 1 atom stereocenters. The number of rotatable bonds is 3. The summed E-state index contributed by atoms with van der Waals surface area (Å²) in [5, 5.41) is 0. The molecule has 0 fully saturated rings. The van der Waals surface area contributed by atoms with Crippen LogP contribution in [-0.2, 0) is 11.2 Å². The molecule has 2 aromatic rings. The van der Waals surface area contributed by atoms with Crippen LogP contribution in [0.15, 0.2) is 30.3 Å². The van der Waals surface area contributed by atoms with Crippen molar-refractivity contribution in [2.75, 3.05) is 7.11 Å². The average molecular weight is 324 g/mol. The smallest absolute Gasteiger partial charge is 0.119 e. The predicted molar refractivity (Wildman–Crippen MR) is 99.8 cm³/mol. The summed E-state index contributed by atoms with van der Waals surface area (Å²) < 4.78 is 11.7. The molecule has 0 radical (unpaired) electrons. The molecule has 0 heterocycles. The molecule has 0 saturated heterocycles. The van der Waals surface area contributed by atoms with Gasteiger partial charge in [-0.2, -0.15) is 0 Å². The van der Waals surface area contributed by atoms with E-state index in [4.69, 9.17) is 9.47 Å². The van der Waals surface area contributed by atoms with Gasteiger partial charge < -0.3 is 9.47 Å². The number of methoxy groups -OCH3 is 1. The van der Waals surface area contributed by atoms with E-state index in [2.05, 4.69) is 65.0 Å². The monoisotopic (exact) mass is 324 g/mol. The Kier molecular flexibility index (Phi) is 4.44. The number of hydrogen-bond donors (Lipinski definition) is 0. The fourth-order valence-corrected chi connectivity index (χ4v) is 3.87. The van der Waals surface area contributed by atoms with Crippen LogP contribution in [0.5, 0.6) is 5.75 Å². The van der Waals surface area contributed by atoms with Crippen molar-refractivity contribution >= 4 is 0 Å². The van der Waals surface area contributed by atoms with Crippen molar-refractivity contribution in [1.82, 2.24) is 0 Å². The second-order valence-corrected chi connectivity index (χ2v) is 7.77. The van der Waals surface area contributed by atoms with Crippen LogP contribution in [0, 0.1) is 13.8 Å². The molecule has 0 bridgehead atoms. The van der Waals surface area contributed by atoms with Gasteiger partial charge in [0.05, 0.1) is 18.8 Å². The first-order chi connectivity index (χ1) is 11.3. The van der Waals surface area contributed by atoms with Crippen molar-refractivity contribution in [2.24, 2.45) is 0 Å². The van der Waals surface area contributed by atoms with E-state index in [1.165, 1.54) is 33.4 Å². The summed E-state index contributed by atoms with van der Waals surface area (Å²) >= 11 is 0. The lowest BCUT2D eigenvalue weighted by molar-refractivity contribution is -0.0605. The lowest BCUT2D eigenvalue weighted by atomic mass is 9.90. The minimum absolute atomic E-state index is 0.117. The fourth-order valence-electron chi connectivity index (χ4n) is 3.87. The van der Waals surface area contributed by atoms with E-state index in [9.17, 15) is 0 Å². The molecule has 24 heavy (non-hydrogen) atoms. The summed E-state index contributed by atoms with van der Waals surface area (Å²) in [7, 11) is 1.72. The zero-order chi connectivity index (χ0) is 17.5. The van der Waals surface area contributed by atoms with Gasteiger partial charge in [0.1, 0.15) is 5.75 Å². The molecule has 0 unspecified atom stereocenters. The minimum atomic E-state index is -0.117. The van der Waals surface area contributed by atoms with Gasteiger partial charge in [-0.1, -0.05) is 18.2 Å². The number of aryl methyl sites for hydroxylation is 2. The van der Waals surface area contributed by atoms with Crippen molar-refractivity contribution in [2.45, 2.75) is 59.2 Å². The quantitative estimate of drug-likeness (QED) is 0.712. The first-order valence-corrected chi connectivity index (χ1v) is 8.75. The Morgan fingerprint density at radius 3 is 2.29 bits per heavy atom. The van der Waals surface area contributed by atoms with Gasteiger partial charge in [0.2, 0.25) is 0 Å². The zero-order valence-corrected chi connectivity index (χ0v) is 15.7. The molecule has 0 aromatic heterocycles. The molecule has 3 rings (SSSR count). The van der Waals surface area contributed by atoms with Crippen LogP contribution in [0.4, 0.5) is 0 Å². The lowest BCUT2D eigenvalue weighted by Gasteiger charge is -2.25. The number of fused-ring (bicyclic) bond motifs is 1. The van der Waals surface area contributed by atoms with Gasteiger partial charge in [0, 0.05) is 0 Å². The average Bonchev–Trinajstić information content (AvgIpc) is 2.88. The van der Waals surface area contributed by atoms with Crippen LogP contribution in [-0.4, -0.2) is 12.7 Å². The van der Waals surface area contributed by atoms with Gasteiger partial charge in [0.15, 0.2) is 0 Å². The van der Waals surface area contributed by atoms with Gasteiger partial charge in [-0.3, -0.25) is 0 Å². The van der Waals surface area contributed by atoms with Crippen molar-refractivity contribution in [3.63, 3.8) is 0 Å². The summed E-state index contributed by atoms with van der Waals surface area (Å²) in [4.78, 5) is 0. The molecule has 1 aliphatic rings. The maximum atomic E-state index is 6.29. The Bertz CT molecular complexity index is 730. The molecule has 0 spiro atoms. The molecule has 2 nitrogen and oxygen atoms in total. The third kappa shape index (κ3) is 3.21. The Balaban J connectivity index is 2.07. The predicted octanol–water partition coefficient (Wildman–Crippen LogP) is 5.78. The highest BCUT2D eigenvalue weighted by molar-refractivity contribution is 5.76. The van der Waals surface area contributed by atoms with Crippen LogP contribution < -0.4 is 4.74 Å². The largest absolute Gasteiger partial charge is 0.497 e. The van der Waals surface area contributed by atoms with E-state index < -0.39 is 0 Å². The van der Waals surface area contributed by atoms with Gasteiger partial charge in [0.25, 0.3) is 0 Å². The van der Waals surface area contributed by atoms with Crippen LogP contribution >= 0.6 is 0 Å². The number of benzene rings is 2. The first kappa shape index (κ1) is 17.0. The highest BCUT2D eigenvalue weighted by atomic mass is 16.5. The second-order valence-electron chi connectivity index (χ2n) is 7.77. The fraction of sp³-hybridized carbons (Fsp3) is 0.455. The van der Waals surface area contributed by atoms with Gasteiger partial charge in [-0.15, -0.1) is 0 Å². The molecule has 128 valence electrons. The van der Waals surface area contributed by atoms with E-state index in [1.54, 1.807) is 7.11 Å². The van der Waals surface area contributed by atoms with Crippen LogP contribution in [0.3, 0.4) is 0 Å². The van der Waals surface area contributed by atoms with Crippen molar-refractivity contribution < 1.29 is 9.47 Å². The summed E-state index contributed by atoms with van der Waals surface area (Å²) in [6, 6.07) is 10.9. The second kappa shape index (κ2) is 6.25. The standard InChI is InChI=1S/C22H28O2/c1-14-12-16(23-6)13-15(2)21(14)19-9-7-8-18-17(19)10-11-20(18)24-22(3,4)5/h7-9,12-13,20H,10-11H2,1-6H3/t20-/m1/s1. The third-order valence-corrected chi connectivity index (χ3v) is 4.72. The SMILES string of the molecule is COc1cc(C)c(-c2cccc3c2CC[C@H]3OC(C)(C)C)c(C)c1. The van der Waals surface area contributed by atoms with Crippen molar-refractivity contribution in [3.05, 3.63) is 52.6 Å². The molecule has 0 saturated carbocycles. The highest BCUT2D eigenvalue weighted by Gasteiger charge is 2.29. The molecule has 0 N–H and O–H groups in total. The Morgan fingerprint density at radius 2 is 1.71 bits per heavy atom. The molecule has 2 aromatic carbocycles. The molecule has 0 aliphatic heterocycles. The summed E-state index contributed by atoms with van der Waals surface area (Å²) in [6.45, 7) is 10.7. The molecule has 2 heteroatoms. The van der Waals surface area contributed by atoms with Gasteiger partial charge >= 0.3 is 0 Å². The summed E-state index contributed by atoms with van der Waals surface area (Å²) in [5.74, 6) is 0.926. The van der Waals surface area contributed by atoms with Gasteiger partial charge in [-0.05, 0) is 93.0 Å². The normalized spacial score (nSPS) is 17.0. The maximum Gasteiger partial charge on any atom is 0.119 e. The molecule has 0 amide bonds. The number of ether oxygens (including phenoxy) is 2. The van der Waals surface area contributed by atoms with E-state index in [0.717, 1.165) is 18.6 Å². The van der Waals surface area contributed by atoms with Crippen molar-refractivity contribution in [1.29, 1.82) is 0 Å². The Labute approximate surface area is 145 Å². The van der Waals surface area contributed by atoms with E-state index in [0.29, 0.717) is 0 Å². The van der Waals surface area contributed by atoms with E-state index in [1.807, 2.05) is 0 Å². The first-order valence-electron chi connectivity index (χ1n) is 8.75. The molecular formula is C22H28O2. The van der Waals surface area contributed by atoms with E-state index >= 15 is 0 Å². The minimum Gasteiger partial charge on any atom is -0.497 e. The number of hydrogen-bond acceptors (Lipinski definition) is 2. The van der Waals surface area contributed by atoms with Crippen molar-refractivity contribution in [3.8, 4) is 16.9 Å². The highest BCUT2D eigenvalue weighted by Crippen LogP contribution is 2.43. The van der Waals surface area contributed by atoms with Crippen LogP contribution in [0.25, 0.3) is 11.1 Å². The zero-order valence-electron chi connectivity index (χ0n) is 15.7. The summed E-state index contributed by atoms with van der Waals surface area (Å²) in [5.41, 5.74) is 7.91. The third-order valence-electron chi connectivity index (χ3n) is 4.72. The Hall–Kier alpha value is -1.80. The summed E-state index contributed by atoms with van der Waals surface area (Å²) in [6.07, 6.45) is 2.36. The molecular weight excluding hydrogens is 296 g/mol. The van der Waals surface area contributed by atoms with Crippen LogP contribution in [0.2, 0.25) is 0 Å². The lowest BCUT2D eigenvalue weighted by Crippen LogP contribution is -2.21. The molecule has 1 aliphatic carbocycles. The Morgan fingerprint density at radius 1 is 1.04 bits per heavy atom. The maximum absolute atomic E-state index is 6.29.